The molecule has 0 saturated heterocycles. The Bertz CT molecular complexity index is 1140. The quantitative estimate of drug-likeness (QED) is 0.545. The van der Waals surface area contributed by atoms with Crippen molar-refractivity contribution in [2.24, 2.45) is 0 Å². The number of halogens is 3. The molecule has 0 spiro atoms. The molecule has 0 saturated carbocycles. The summed E-state index contributed by atoms with van der Waals surface area (Å²) in [5.74, 6) is -0.470. The summed E-state index contributed by atoms with van der Waals surface area (Å²) in [6.07, 6.45) is -1.81. The number of aromatic nitrogens is 4. The van der Waals surface area contributed by atoms with Gasteiger partial charge in [-0.25, -0.2) is 9.97 Å². The molecule has 4 rings (SSSR count). The second-order valence-corrected chi connectivity index (χ2v) is 5.81. The highest BCUT2D eigenvalue weighted by molar-refractivity contribution is 6.01. The minimum absolute atomic E-state index is 0.108. The van der Waals surface area contributed by atoms with Crippen molar-refractivity contribution >= 4 is 22.6 Å². The number of carbonyl (C=O) groups is 1. The lowest BCUT2D eigenvalue weighted by molar-refractivity contribution is -0.137. The number of fused-ring (bicyclic) bond motifs is 2. The predicted octanol–water partition coefficient (Wildman–Crippen LogP) is 3.95. The van der Waals surface area contributed by atoms with Gasteiger partial charge in [0.05, 0.1) is 22.3 Å². The van der Waals surface area contributed by atoms with Gasteiger partial charge in [0.2, 0.25) is 0 Å². The molecule has 4 aromatic rings. The number of aryl methyl sites for hydroxylation is 1. The van der Waals surface area contributed by atoms with Gasteiger partial charge in [-0.05, 0) is 30.7 Å². The Hall–Kier alpha value is -3.16. The van der Waals surface area contributed by atoms with Crippen LogP contribution in [-0.4, -0.2) is 24.8 Å². The predicted molar refractivity (Wildman–Crippen MR) is 89.0 cm³/mol. The summed E-state index contributed by atoms with van der Waals surface area (Å²) in [6.45, 7) is 1.80. The van der Waals surface area contributed by atoms with Gasteiger partial charge in [-0.15, -0.1) is 0 Å². The zero-order valence-electron chi connectivity index (χ0n) is 13.7. The van der Waals surface area contributed by atoms with Gasteiger partial charge in [0.15, 0.2) is 0 Å². The summed E-state index contributed by atoms with van der Waals surface area (Å²) in [5, 5.41) is 0. The summed E-state index contributed by atoms with van der Waals surface area (Å²) in [7, 11) is 0. The fraction of sp³-hybridized carbons (Fsp3) is 0.167. The summed E-state index contributed by atoms with van der Waals surface area (Å²) in [4.78, 5) is 21.6. The van der Waals surface area contributed by atoms with Crippen molar-refractivity contribution in [3.63, 3.8) is 0 Å². The van der Waals surface area contributed by atoms with Gasteiger partial charge in [-0.1, -0.05) is 19.1 Å². The maximum absolute atomic E-state index is 13.1. The highest BCUT2D eigenvalue weighted by Crippen LogP contribution is 2.30. The lowest BCUT2D eigenvalue weighted by Gasteiger charge is -2.09. The lowest BCUT2D eigenvalue weighted by atomic mass is 10.2. The number of hydrogen-bond acceptors (Lipinski definition) is 3. The first-order valence-corrected chi connectivity index (χ1v) is 7.95. The topological polar surface area (TPSA) is 52.2 Å². The van der Waals surface area contributed by atoms with Crippen LogP contribution in [0.3, 0.4) is 0 Å². The molecule has 0 aliphatic heterocycles. The molecular formula is C18H13F3N4O. The van der Waals surface area contributed by atoms with E-state index in [2.05, 4.69) is 9.97 Å². The van der Waals surface area contributed by atoms with Gasteiger partial charge < -0.3 is 0 Å². The molecule has 0 atom stereocenters. The van der Waals surface area contributed by atoms with Gasteiger partial charge in [0, 0.05) is 6.20 Å². The number of imidazole rings is 2. The van der Waals surface area contributed by atoms with Crippen LogP contribution in [-0.2, 0) is 12.6 Å². The van der Waals surface area contributed by atoms with E-state index in [0.717, 1.165) is 12.3 Å². The number of benzene rings is 1. The van der Waals surface area contributed by atoms with E-state index in [0.29, 0.717) is 28.8 Å². The second kappa shape index (κ2) is 5.69. The molecule has 0 aliphatic rings. The van der Waals surface area contributed by atoms with Crippen LogP contribution in [0.2, 0.25) is 0 Å². The molecule has 132 valence electrons. The van der Waals surface area contributed by atoms with Crippen LogP contribution < -0.4 is 0 Å². The Balaban J connectivity index is 1.95. The van der Waals surface area contributed by atoms with Crippen molar-refractivity contribution in [1.29, 1.82) is 0 Å². The molecule has 0 radical (unpaired) electrons. The standard InChI is InChI=1S/C18H13F3N4O/c1-2-12-16(17(26)25-10-22-13-5-3-4-6-14(13)25)24-9-11(18(19,20)21)7-8-15(24)23-12/h3-10H,2H2,1H3. The Morgan fingerprint density at radius 1 is 1.15 bits per heavy atom. The Morgan fingerprint density at radius 2 is 1.92 bits per heavy atom. The van der Waals surface area contributed by atoms with E-state index in [-0.39, 0.29) is 5.69 Å². The Labute approximate surface area is 145 Å². The molecule has 0 bridgehead atoms. The van der Waals surface area contributed by atoms with Gasteiger partial charge >= 0.3 is 6.18 Å². The summed E-state index contributed by atoms with van der Waals surface area (Å²) >= 11 is 0. The maximum atomic E-state index is 13.1. The fourth-order valence-electron chi connectivity index (χ4n) is 2.97. The lowest BCUT2D eigenvalue weighted by Crippen LogP contribution is -2.16. The second-order valence-electron chi connectivity index (χ2n) is 5.81. The van der Waals surface area contributed by atoms with E-state index >= 15 is 0 Å². The molecule has 5 nitrogen and oxygen atoms in total. The van der Waals surface area contributed by atoms with Crippen molar-refractivity contribution < 1.29 is 18.0 Å². The minimum atomic E-state index is -4.51. The number of alkyl halides is 3. The van der Waals surface area contributed by atoms with E-state index in [4.69, 9.17) is 0 Å². The van der Waals surface area contributed by atoms with Crippen LogP contribution in [0.4, 0.5) is 13.2 Å². The van der Waals surface area contributed by atoms with E-state index < -0.39 is 17.6 Å². The molecular weight excluding hydrogens is 345 g/mol. The molecule has 0 fully saturated rings. The average molecular weight is 358 g/mol. The summed E-state index contributed by atoms with van der Waals surface area (Å²) < 4.78 is 41.8. The normalized spacial score (nSPS) is 12.2. The SMILES string of the molecule is CCc1nc2ccc(C(F)(F)F)cn2c1C(=O)n1cnc2ccccc21. The van der Waals surface area contributed by atoms with Crippen molar-refractivity contribution in [2.75, 3.05) is 0 Å². The van der Waals surface area contributed by atoms with Crippen LogP contribution in [0.1, 0.15) is 28.7 Å². The molecule has 0 amide bonds. The molecule has 8 heteroatoms. The van der Waals surface area contributed by atoms with E-state index in [9.17, 15) is 18.0 Å². The fourth-order valence-corrected chi connectivity index (χ4v) is 2.97. The van der Waals surface area contributed by atoms with Crippen LogP contribution in [0.25, 0.3) is 16.7 Å². The van der Waals surface area contributed by atoms with Crippen LogP contribution in [0.15, 0.2) is 48.9 Å². The largest absolute Gasteiger partial charge is 0.417 e. The van der Waals surface area contributed by atoms with Crippen LogP contribution >= 0.6 is 0 Å². The monoisotopic (exact) mass is 358 g/mol. The van der Waals surface area contributed by atoms with E-state index in [1.54, 1.807) is 31.2 Å². The average Bonchev–Trinajstić information content (AvgIpc) is 3.21. The zero-order valence-corrected chi connectivity index (χ0v) is 13.7. The first kappa shape index (κ1) is 16.3. The van der Waals surface area contributed by atoms with Crippen LogP contribution in [0, 0.1) is 0 Å². The molecule has 0 aliphatic carbocycles. The minimum Gasteiger partial charge on any atom is -0.295 e. The highest BCUT2D eigenvalue weighted by atomic mass is 19.4. The third kappa shape index (κ3) is 2.45. The van der Waals surface area contributed by atoms with Gasteiger partial charge in [0.1, 0.15) is 17.7 Å². The third-order valence-electron chi connectivity index (χ3n) is 4.23. The maximum Gasteiger partial charge on any atom is 0.417 e. The molecule has 3 heterocycles. The highest BCUT2D eigenvalue weighted by Gasteiger charge is 2.32. The van der Waals surface area contributed by atoms with Crippen molar-refractivity contribution in [3.05, 3.63) is 65.9 Å². The summed E-state index contributed by atoms with van der Waals surface area (Å²) in [6, 6.07) is 9.29. The van der Waals surface area contributed by atoms with E-state index in [1.165, 1.54) is 21.4 Å². The number of rotatable bonds is 2. The number of nitrogens with zero attached hydrogens (tertiary/aromatic N) is 4. The molecule has 0 unspecified atom stereocenters. The Morgan fingerprint density at radius 3 is 2.65 bits per heavy atom. The van der Waals surface area contributed by atoms with Gasteiger partial charge in [-0.3, -0.25) is 13.8 Å². The molecule has 1 aromatic carbocycles. The number of hydrogen-bond donors (Lipinski definition) is 0. The third-order valence-corrected chi connectivity index (χ3v) is 4.23. The van der Waals surface area contributed by atoms with Crippen molar-refractivity contribution in [2.45, 2.75) is 19.5 Å². The molecule has 26 heavy (non-hydrogen) atoms. The van der Waals surface area contributed by atoms with Crippen LogP contribution in [0.5, 0.6) is 0 Å². The smallest absolute Gasteiger partial charge is 0.295 e. The number of para-hydroxylation sites is 2. The van der Waals surface area contributed by atoms with Gasteiger partial charge in [0.25, 0.3) is 5.91 Å². The van der Waals surface area contributed by atoms with Crippen molar-refractivity contribution in [1.82, 2.24) is 18.9 Å². The first-order valence-electron chi connectivity index (χ1n) is 7.95. The zero-order chi connectivity index (χ0) is 18.5. The molecule has 3 aromatic heterocycles. The van der Waals surface area contributed by atoms with E-state index in [1.807, 2.05) is 0 Å². The number of carbonyl (C=O) groups excluding carboxylic acids is 1. The first-order chi connectivity index (χ1) is 12.4. The molecule has 0 N–H and O–H groups in total. The number of pyridine rings is 1. The van der Waals surface area contributed by atoms with Crippen molar-refractivity contribution in [3.8, 4) is 0 Å². The Kier molecular flexibility index (Phi) is 3.57. The summed E-state index contributed by atoms with van der Waals surface area (Å²) in [5.41, 5.74) is 1.21. The van der Waals surface area contributed by atoms with Gasteiger partial charge in [-0.2, -0.15) is 13.2 Å².